The maximum Gasteiger partial charge on any atom is 0.222 e. The molecule has 2 N–H and O–H groups in total. The first-order chi connectivity index (χ1) is 15.2. The number of hydrogen-bond acceptors (Lipinski definition) is 7. The van der Waals surface area contributed by atoms with E-state index in [1.807, 2.05) is 19.3 Å². The number of piperazine rings is 1. The van der Waals surface area contributed by atoms with Crippen LogP contribution < -0.4 is 10.2 Å². The van der Waals surface area contributed by atoms with Crippen LogP contribution in [-0.2, 0) is 0 Å². The van der Waals surface area contributed by atoms with Crippen LogP contribution in [0.5, 0.6) is 0 Å². The molecule has 7 nitrogen and oxygen atoms in total. The van der Waals surface area contributed by atoms with E-state index >= 15 is 0 Å². The lowest BCUT2D eigenvalue weighted by Crippen LogP contribution is -2.46. The molecule has 0 amide bonds. The average molecular weight is 416 g/mol. The number of rotatable bonds is 7. The summed E-state index contributed by atoms with van der Waals surface area (Å²) in [7, 11) is 0. The standard InChI is InChI=1S/C24H29N7/c1-17(25)12-20-13-21(16-26-20)30-8-10-31(11-9-30)23-5-3-2-4-22(23)18-14-27-24(28-15-18)29-19-6-7-19/h2-5,13-15,19,25H,6-12,16H2,1H3,(H,27,28,29). The first kappa shape index (κ1) is 19.7. The molecule has 31 heavy (non-hydrogen) atoms. The molecule has 1 aromatic carbocycles. The van der Waals surface area contributed by atoms with Gasteiger partial charge in [0.1, 0.15) is 0 Å². The van der Waals surface area contributed by atoms with Crippen LogP contribution >= 0.6 is 0 Å². The normalized spacial score (nSPS) is 18.6. The Hall–Kier alpha value is -3.22. The summed E-state index contributed by atoms with van der Waals surface area (Å²) in [4.78, 5) is 18.6. The molecule has 3 heterocycles. The summed E-state index contributed by atoms with van der Waals surface area (Å²) in [6.45, 7) is 6.48. The predicted octanol–water partition coefficient (Wildman–Crippen LogP) is 3.61. The number of benzene rings is 1. The number of anilines is 2. The zero-order chi connectivity index (χ0) is 21.2. The number of aliphatic imine (C=N–C) groups is 1. The Morgan fingerprint density at radius 1 is 1.06 bits per heavy atom. The van der Waals surface area contributed by atoms with Crippen molar-refractivity contribution >= 4 is 23.1 Å². The van der Waals surface area contributed by atoms with E-state index in [4.69, 9.17) is 5.41 Å². The molecule has 160 valence electrons. The van der Waals surface area contributed by atoms with Gasteiger partial charge in [0.15, 0.2) is 0 Å². The monoisotopic (exact) mass is 415 g/mol. The molecule has 1 saturated carbocycles. The lowest BCUT2D eigenvalue weighted by Gasteiger charge is -2.38. The molecule has 2 aliphatic heterocycles. The molecule has 0 atom stereocenters. The van der Waals surface area contributed by atoms with Gasteiger partial charge in [-0.15, -0.1) is 0 Å². The van der Waals surface area contributed by atoms with Crippen molar-refractivity contribution in [1.29, 1.82) is 5.41 Å². The molecule has 1 aliphatic carbocycles. The van der Waals surface area contributed by atoms with Gasteiger partial charge in [0.2, 0.25) is 5.95 Å². The van der Waals surface area contributed by atoms with Crippen molar-refractivity contribution < 1.29 is 0 Å². The van der Waals surface area contributed by atoms with E-state index < -0.39 is 0 Å². The molecular formula is C24H29N7. The van der Waals surface area contributed by atoms with Crippen molar-refractivity contribution in [1.82, 2.24) is 14.9 Å². The Bertz CT molecular complexity index is 1010. The summed E-state index contributed by atoms with van der Waals surface area (Å²) in [5, 5.41) is 11.0. The van der Waals surface area contributed by atoms with Gasteiger partial charge in [0.05, 0.1) is 6.54 Å². The van der Waals surface area contributed by atoms with Gasteiger partial charge in [-0.05, 0) is 31.9 Å². The zero-order valence-electron chi connectivity index (χ0n) is 18.0. The summed E-state index contributed by atoms with van der Waals surface area (Å²) in [5.41, 5.74) is 6.47. The van der Waals surface area contributed by atoms with E-state index in [2.05, 4.69) is 60.4 Å². The molecule has 5 rings (SSSR count). The van der Waals surface area contributed by atoms with E-state index in [-0.39, 0.29) is 0 Å². The van der Waals surface area contributed by atoms with Gasteiger partial charge in [-0.1, -0.05) is 18.2 Å². The van der Waals surface area contributed by atoms with Gasteiger partial charge >= 0.3 is 0 Å². The largest absolute Gasteiger partial charge is 0.370 e. The van der Waals surface area contributed by atoms with Gasteiger partial charge in [0.25, 0.3) is 0 Å². The molecule has 0 unspecified atom stereocenters. The highest BCUT2D eigenvalue weighted by atomic mass is 15.3. The third-order valence-corrected chi connectivity index (χ3v) is 6.03. The molecule has 0 radical (unpaired) electrons. The van der Waals surface area contributed by atoms with Crippen LogP contribution in [0.4, 0.5) is 11.6 Å². The molecule has 2 aromatic rings. The first-order valence-electron chi connectivity index (χ1n) is 11.1. The Labute approximate surface area is 183 Å². The third kappa shape index (κ3) is 4.60. The lowest BCUT2D eigenvalue weighted by molar-refractivity contribution is 0.320. The molecule has 1 aromatic heterocycles. The fourth-order valence-corrected chi connectivity index (χ4v) is 4.22. The van der Waals surface area contributed by atoms with Gasteiger partial charge < -0.3 is 20.5 Å². The van der Waals surface area contributed by atoms with Gasteiger partial charge in [-0.2, -0.15) is 0 Å². The summed E-state index contributed by atoms with van der Waals surface area (Å²) < 4.78 is 0. The second-order valence-electron chi connectivity index (χ2n) is 8.61. The fourth-order valence-electron chi connectivity index (χ4n) is 4.22. The van der Waals surface area contributed by atoms with E-state index in [0.29, 0.717) is 18.2 Å². The SMILES string of the molecule is CC(=N)CC1=NCC(N2CCN(c3ccccc3-c3cnc(NC4CC4)nc3)CC2)=C1. The second kappa shape index (κ2) is 8.49. The number of hydrogen-bond donors (Lipinski definition) is 2. The van der Waals surface area contributed by atoms with Gasteiger partial charge in [-0.3, -0.25) is 4.99 Å². The maximum atomic E-state index is 7.68. The van der Waals surface area contributed by atoms with Crippen molar-refractivity contribution in [3.05, 3.63) is 48.4 Å². The minimum atomic E-state index is 0.556. The average Bonchev–Trinajstić information content (AvgIpc) is 3.49. The maximum absolute atomic E-state index is 7.68. The number of nitrogens with zero attached hydrogens (tertiary/aromatic N) is 5. The molecule has 3 aliphatic rings. The minimum absolute atomic E-state index is 0.556. The highest BCUT2D eigenvalue weighted by Crippen LogP contribution is 2.32. The number of aromatic nitrogens is 2. The van der Waals surface area contributed by atoms with E-state index in [9.17, 15) is 0 Å². The van der Waals surface area contributed by atoms with E-state index in [1.54, 1.807) is 0 Å². The van der Waals surface area contributed by atoms with Gasteiger partial charge in [-0.25, -0.2) is 9.97 Å². The molecule has 2 fully saturated rings. The fraction of sp³-hybridized carbons (Fsp3) is 0.417. The van der Waals surface area contributed by atoms with Crippen LogP contribution in [0.25, 0.3) is 11.1 Å². The smallest absolute Gasteiger partial charge is 0.222 e. The van der Waals surface area contributed by atoms with E-state index in [0.717, 1.165) is 49.9 Å². The quantitative estimate of drug-likeness (QED) is 0.676. The first-order valence-corrected chi connectivity index (χ1v) is 11.1. The van der Waals surface area contributed by atoms with Crippen molar-refractivity contribution in [3.8, 4) is 11.1 Å². The second-order valence-corrected chi connectivity index (χ2v) is 8.61. The van der Waals surface area contributed by atoms with Crippen LogP contribution in [0.15, 0.2) is 53.4 Å². The Morgan fingerprint density at radius 3 is 2.48 bits per heavy atom. The number of para-hydroxylation sites is 1. The van der Waals surface area contributed by atoms with Gasteiger partial charge in [0, 0.05) is 85.0 Å². The van der Waals surface area contributed by atoms with Crippen LogP contribution in [-0.4, -0.2) is 65.1 Å². The van der Waals surface area contributed by atoms with Crippen LogP contribution in [0.1, 0.15) is 26.2 Å². The summed E-state index contributed by atoms with van der Waals surface area (Å²) >= 11 is 0. The summed E-state index contributed by atoms with van der Waals surface area (Å²) in [6, 6.07) is 9.10. The highest BCUT2D eigenvalue weighted by molar-refractivity contribution is 6.09. The number of allylic oxidation sites excluding steroid dienone is 1. The van der Waals surface area contributed by atoms with Crippen molar-refractivity contribution in [2.75, 3.05) is 42.9 Å². The molecule has 7 heteroatoms. The topological polar surface area (TPSA) is 80.5 Å². The van der Waals surface area contributed by atoms with Crippen molar-refractivity contribution in [2.24, 2.45) is 4.99 Å². The molecule has 1 saturated heterocycles. The van der Waals surface area contributed by atoms with Crippen LogP contribution in [0, 0.1) is 5.41 Å². The zero-order valence-corrected chi connectivity index (χ0v) is 18.0. The van der Waals surface area contributed by atoms with Crippen LogP contribution in [0.3, 0.4) is 0 Å². The lowest BCUT2D eigenvalue weighted by atomic mass is 10.1. The number of nitrogens with one attached hydrogen (secondary N) is 2. The highest BCUT2D eigenvalue weighted by Gasteiger charge is 2.24. The van der Waals surface area contributed by atoms with Crippen molar-refractivity contribution in [2.45, 2.75) is 32.2 Å². The van der Waals surface area contributed by atoms with Crippen molar-refractivity contribution in [3.63, 3.8) is 0 Å². The Morgan fingerprint density at radius 2 is 1.77 bits per heavy atom. The molecule has 0 bridgehead atoms. The predicted molar refractivity (Wildman–Crippen MR) is 126 cm³/mol. The minimum Gasteiger partial charge on any atom is -0.370 e. The summed E-state index contributed by atoms with van der Waals surface area (Å²) in [5.74, 6) is 0.724. The summed E-state index contributed by atoms with van der Waals surface area (Å²) in [6.07, 6.45) is 9.13. The van der Waals surface area contributed by atoms with Crippen LogP contribution in [0.2, 0.25) is 0 Å². The molecular weight excluding hydrogens is 386 g/mol. The molecule has 0 spiro atoms. The van der Waals surface area contributed by atoms with E-state index in [1.165, 1.54) is 29.8 Å². The Balaban J connectivity index is 1.25. The third-order valence-electron chi connectivity index (χ3n) is 6.03. The Kier molecular flexibility index (Phi) is 5.40.